The molecule has 1 aliphatic rings. The predicted molar refractivity (Wildman–Crippen MR) is 111 cm³/mol. The first kappa shape index (κ1) is 20.3. The number of aromatic nitrogens is 2. The lowest BCUT2D eigenvalue weighted by Crippen LogP contribution is -2.38. The number of carbonyl (C=O) groups excluding carboxylic acids is 1. The number of amides is 1. The Morgan fingerprint density at radius 3 is 2.47 bits per heavy atom. The Morgan fingerprint density at radius 2 is 1.83 bits per heavy atom. The summed E-state index contributed by atoms with van der Waals surface area (Å²) >= 11 is 12.0. The number of likely N-dealkylation sites (tertiary alicyclic amines) is 1. The molecule has 0 aliphatic carbocycles. The lowest BCUT2D eigenvalue weighted by Gasteiger charge is -2.30. The van der Waals surface area contributed by atoms with Gasteiger partial charge in [0.25, 0.3) is 11.6 Å². The van der Waals surface area contributed by atoms with Crippen LogP contribution in [0.5, 0.6) is 0 Å². The summed E-state index contributed by atoms with van der Waals surface area (Å²) in [5.74, 6) is 0.842. The summed E-state index contributed by atoms with van der Waals surface area (Å²) in [7, 11) is 0. The third-order valence-corrected chi connectivity index (χ3v) is 5.63. The molecule has 0 atom stereocenters. The van der Waals surface area contributed by atoms with Gasteiger partial charge < -0.3 is 9.42 Å². The highest BCUT2D eigenvalue weighted by Crippen LogP contribution is 2.31. The van der Waals surface area contributed by atoms with E-state index in [-0.39, 0.29) is 28.1 Å². The Hall–Kier alpha value is -2.97. The third-order valence-electron chi connectivity index (χ3n) is 5.07. The molecule has 1 aliphatic heterocycles. The highest BCUT2D eigenvalue weighted by molar-refractivity contribution is 6.34. The van der Waals surface area contributed by atoms with E-state index >= 15 is 0 Å². The molecule has 0 N–H and O–H groups in total. The molecule has 0 unspecified atom stereocenters. The summed E-state index contributed by atoms with van der Waals surface area (Å²) in [5, 5.41) is 15.6. The van der Waals surface area contributed by atoms with Crippen LogP contribution in [0.25, 0.3) is 11.4 Å². The topological polar surface area (TPSA) is 102 Å². The van der Waals surface area contributed by atoms with Gasteiger partial charge in [0, 0.05) is 41.7 Å². The summed E-state index contributed by atoms with van der Waals surface area (Å²) in [6, 6.07) is 11.0. The van der Waals surface area contributed by atoms with E-state index in [1.807, 2.05) is 12.1 Å². The molecule has 10 heteroatoms. The first-order chi connectivity index (χ1) is 14.4. The number of piperidine rings is 1. The van der Waals surface area contributed by atoms with Crippen LogP contribution in [0.2, 0.25) is 10.0 Å². The fourth-order valence-corrected chi connectivity index (χ4v) is 3.79. The maximum atomic E-state index is 12.8. The van der Waals surface area contributed by atoms with E-state index in [1.165, 1.54) is 18.2 Å². The molecule has 0 bridgehead atoms. The van der Waals surface area contributed by atoms with Crippen molar-refractivity contribution < 1.29 is 14.2 Å². The molecule has 1 amide bonds. The number of hydrogen-bond acceptors (Lipinski definition) is 6. The van der Waals surface area contributed by atoms with Crippen LogP contribution in [0.3, 0.4) is 0 Å². The normalized spacial score (nSPS) is 14.7. The third kappa shape index (κ3) is 4.15. The zero-order chi connectivity index (χ0) is 21.3. The molecule has 1 fully saturated rings. The second-order valence-electron chi connectivity index (χ2n) is 6.95. The molecule has 1 aromatic heterocycles. The molecule has 0 spiro atoms. The van der Waals surface area contributed by atoms with E-state index in [2.05, 4.69) is 10.1 Å². The average molecular weight is 447 g/mol. The Labute approximate surface area is 181 Å². The molecule has 8 nitrogen and oxygen atoms in total. The summed E-state index contributed by atoms with van der Waals surface area (Å²) in [5.41, 5.74) is 0.918. The molecule has 0 radical (unpaired) electrons. The second kappa shape index (κ2) is 8.41. The molecule has 154 valence electrons. The number of nitro benzene ring substituents is 1. The van der Waals surface area contributed by atoms with Crippen molar-refractivity contribution in [3.8, 4) is 11.4 Å². The fourth-order valence-electron chi connectivity index (χ4n) is 3.41. The molecule has 2 heterocycles. The van der Waals surface area contributed by atoms with Gasteiger partial charge in [0.05, 0.1) is 15.5 Å². The van der Waals surface area contributed by atoms with Crippen LogP contribution in [-0.4, -0.2) is 39.0 Å². The number of nitro groups is 1. The minimum Gasteiger partial charge on any atom is -0.339 e. The summed E-state index contributed by atoms with van der Waals surface area (Å²) in [6.45, 7) is 0.991. The van der Waals surface area contributed by atoms with Gasteiger partial charge in [-0.1, -0.05) is 28.4 Å². The fraction of sp³-hybridized carbons (Fsp3) is 0.250. The molecule has 2 aromatic carbocycles. The van der Waals surface area contributed by atoms with Crippen LogP contribution in [0, 0.1) is 10.1 Å². The van der Waals surface area contributed by atoms with Crippen LogP contribution in [0.1, 0.15) is 35.0 Å². The van der Waals surface area contributed by atoms with E-state index in [0.717, 1.165) is 5.56 Å². The number of carbonyl (C=O) groups is 1. The Kier molecular flexibility index (Phi) is 5.69. The lowest BCUT2D eigenvalue weighted by molar-refractivity contribution is -0.384. The van der Waals surface area contributed by atoms with Crippen molar-refractivity contribution in [3.05, 3.63) is 74.1 Å². The van der Waals surface area contributed by atoms with Crippen LogP contribution >= 0.6 is 23.2 Å². The van der Waals surface area contributed by atoms with Gasteiger partial charge >= 0.3 is 0 Å². The highest BCUT2D eigenvalue weighted by Gasteiger charge is 2.29. The summed E-state index contributed by atoms with van der Waals surface area (Å²) < 4.78 is 5.44. The van der Waals surface area contributed by atoms with Crippen molar-refractivity contribution in [3.63, 3.8) is 0 Å². The first-order valence-corrected chi connectivity index (χ1v) is 10.0. The van der Waals surface area contributed by atoms with Gasteiger partial charge in [0.2, 0.25) is 11.7 Å². The van der Waals surface area contributed by atoms with E-state index in [9.17, 15) is 14.9 Å². The molecule has 4 rings (SSSR count). The Bertz CT molecular complexity index is 1090. The van der Waals surface area contributed by atoms with Crippen molar-refractivity contribution in [1.82, 2.24) is 15.0 Å². The van der Waals surface area contributed by atoms with Gasteiger partial charge in [-0.25, -0.2) is 0 Å². The number of non-ortho nitro benzene ring substituents is 1. The Morgan fingerprint density at radius 1 is 1.13 bits per heavy atom. The smallest absolute Gasteiger partial charge is 0.270 e. The maximum Gasteiger partial charge on any atom is 0.270 e. The largest absolute Gasteiger partial charge is 0.339 e. The number of halogens is 2. The van der Waals surface area contributed by atoms with E-state index < -0.39 is 4.92 Å². The van der Waals surface area contributed by atoms with Gasteiger partial charge in [-0.3, -0.25) is 14.9 Å². The molecular formula is C20H16Cl2N4O4. The summed E-state index contributed by atoms with van der Waals surface area (Å²) in [6.07, 6.45) is 1.33. The zero-order valence-electron chi connectivity index (χ0n) is 15.6. The molecule has 1 saturated heterocycles. The quantitative estimate of drug-likeness (QED) is 0.413. The molecule has 0 saturated carbocycles. The van der Waals surface area contributed by atoms with Crippen LogP contribution in [-0.2, 0) is 0 Å². The van der Waals surface area contributed by atoms with E-state index in [0.29, 0.717) is 42.7 Å². The molecule has 30 heavy (non-hydrogen) atoms. The number of hydrogen-bond donors (Lipinski definition) is 0. The average Bonchev–Trinajstić information content (AvgIpc) is 3.24. The molecule has 3 aromatic rings. The van der Waals surface area contributed by atoms with Gasteiger partial charge in [0.15, 0.2) is 0 Å². The van der Waals surface area contributed by atoms with E-state index in [1.54, 1.807) is 17.0 Å². The number of benzene rings is 2. The molecular weight excluding hydrogens is 431 g/mol. The number of rotatable bonds is 4. The first-order valence-electron chi connectivity index (χ1n) is 9.25. The highest BCUT2D eigenvalue weighted by atomic mass is 35.5. The van der Waals surface area contributed by atoms with Crippen molar-refractivity contribution in [2.45, 2.75) is 18.8 Å². The van der Waals surface area contributed by atoms with Gasteiger partial charge in [0.1, 0.15) is 0 Å². The standard InChI is InChI=1S/C20H16Cl2N4O4/c21-14-3-1-12(2-4-14)18-23-19(30-24-18)13-7-9-25(10-8-13)20(27)16-6-5-15(26(28)29)11-17(16)22/h1-6,11,13H,7-10H2. The van der Waals surface area contributed by atoms with Crippen molar-refractivity contribution in [2.75, 3.05) is 13.1 Å². The van der Waals surface area contributed by atoms with Crippen LogP contribution in [0.4, 0.5) is 5.69 Å². The SMILES string of the molecule is O=C(c1ccc([N+](=O)[O-])cc1Cl)N1CCC(c2nc(-c3ccc(Cl)cc3)no2)CC1. The number of nitrogens with zero attached hydrogens (tertiary/aromatic N) is 4. The minimum absolute atomic E-state index is 0.0509. The van der Waals surface area contributed by atoms with Crippen molar-refractivity contribution in [1.29, 1.82) is 0 Å². The van der Waals surface area contributed by atoms with Crippen LogP contribution < -0.4 is 0 Å². The van der Waals surface area contributed by atoms with Crippen LogP contribution in [0.15, 0.2) is 47.0 Å². The predicted octanol–water partition coefficient (Wildman–Crippen LogP) is 4.97. The monoisotopic (exact) mass is 446 g/mol. The second-order valence-corrected chi connectivity index (χ2v) is 7.79. The minimum atomic E-state index is -0.547. The Balaban J connectivity index is 1.41. The van der Waals surface area contributed by atoms with Crippen molar-refractivity contribution >= 4 is 34.8 Å². The van der Waals surface area contributed by atoms with Crippen molar-refractivity contribution in [2.24, 2.45) is 0 Å². The summed E-state index contributed by atoms with van der Waals surface area (Å²) in [4.78, 5) is 29.2. The lowest BCUT2D eigenvalue weighted by atomic mass is 9.96. The van der Waals surface area contributed by atoms with Gasteiger partial charge in [-0.15, -0.1) is 0 Å². The zero-order valence-corrected chi connectivity index (χ0v) is 17.1. The van der Waals surface area contributed by atoms with Gasteiger partial charge in [-0.05, 0) is 43.2 Å². The maximum absolute atomic E-state index is 12.8. The van der Waals surface area contributed by atoms with E-state index in [4.69, 9.17) is 27.7 Å². The van der Waals surface area contributed by atoms with Gasteiger partial charge in [-0.2, -0.15) is 4.98 Å².